The summed E-state index contributed by atoms with van der Waals surface area (Å²) in [4.78, 5) is 0. The van der Waals surface area contributed by atoms with E-state index in [0.717, 1.165) is 0 Å². The first-order chi connectivity index (χ1) is 8.27. The van der Waals surface area contributed by atoms with Crippen LogP contribution in [0.15, 0.2) is 24.3 Å². The molecule has 6 nitrogen and oxygen atoms in total. The van der Waals surface area contributed by atoms with Crippen LogP contribution in [-0.2, 0) is 19.2 Å². The van der Waals surface area contributed by atoms with E-state index in [1.165, 1.54) is 0 Å². The standard InChI is InChI=1S/C11H14NO5S.Na/c1-11(2)16-9-6-4-3-5-8(9)10(17-11)7-15-18(12,13)14;/h3-6,10H,7H2,1-2H3,(H-,12,13,14);/q-1;+1/t10-;/m0./s1. The molecule has 1 N–H and O–H groups in total. The molecule has 0 saturated heterocycles. The molecule has 0 aromatic heterocycles. The van der Waals surface area contributed by atoms with Crippen molar-refractivity contribution in [1.82, 2.24) is 0 Å². The molecule has 8 heteroatoms. The Labute approximate surface area is 134 Å². The fourth-order valence-corrected chi connectivity index (χ4v) is 2.11. The summed E-state index contributed by atoms with van der Waals surface area (Å²) in [5, 5.41) is 6.70. The molecular weight excluding hydrogens is 281 g/mol. The van der Waals surface area contributed by atoms with Gasteiger partial charge >= 0.3 is 29.6 Å². The van der Waals surface area contributed by atoms with Gasteiger partial charge in [-0.15, -0.1) is 0 Å². The third-order valence-electron chi connectivity index (χ3n) is 2.42. The minimum absolute atomic E-state index is 0. The summed E-state index contributed by atoms with van der Waals surface area (Å²) in [5.74, 6) is -0.238. The zero-order valence-electron chi connectivity index (χ0n) is 11.0. The molecule has 0 radical (unpaired) electrons. The van der Waals surface area contributed by atoms with Crippen LogP contribution in [-0.4, -0.2) is 20.8 Å². The van der Waals surface area contributed by atoms with E-state index < -0.39 is 22.2 Å². The second kappa shape index (κ2) is 6.09. The van der Waals surface area contributed by atoms with Crippen molar-refractivity contribution in [2.24, 2.45) is 0 Å². The summed E-state index contributed by atoms with van der Waals surface area (Å²) in [6.07, 6.45) is -0.579. The predicted octanol–water partition coefficient (Wildman–Crippen LogP) is -0.810. The zero-order chi connectivity index (χ0) is 13.4. The summed E-state index contributed by atoms with van der Waals surface area (Å²) >= 11 is 0. The number of para-hydroxylation sites is 1. The van der Waals surface area contributed by atoms with Gasteiger partial charge in [0.2, 0.25) is 5.79 Å². The largest absolute Gasteiger partial charge is 1.00 e. The van der Waals surface area contributed by atoms with Crippen LogP contribution in [0.5, 0.6) is 5.75 Å². The van der Waals surface area contributed by atoms with E-state index in [1.807, 2.05) is 6.07 Å². The van der Waals surface area contributed by atoms with Crippen LogP contribution in [0.4, 0.5) is 0 Å². The van der Waals surface area contributed by atoms with Gasteiger partial charge in [0.25, 0.3) is 0 Å². The van der Waals surface area contributed by atoms with Gasteiger partial charge in [-0.3, -0.25) is 4.18 Å². The molecule has 0 saturated carbocycles. The number of fused-ring (bicyclic) bond motifs is 1. The van der Waals surface area contributed by atoms with Gasteiger partial charge in [-0.25, -0.2) is 8.42 Å². The molecule has 0 fully saturated rings. The Morgan fingerprint density at radius 3 is 2.63 bits per heavy atom. The molecule has 1 aliphatic heterocycles. The van der Waals surface area contributed by atoms with Crippen molar-refractivity contribution in [2.75, 3.05) is 6.61 Å². The van der Waals surface area contributed by atoms with Crippen molar-refractivity contribution in [2.45, 2.75) is 25.7 Å². The Morgan fingerprint density at radius 2 is 2.00 bits per heavy atom. The number of hydrogen-bond acceptors (Lipinski definition) is 5. The first-order valence-electron chi connectivity index (χ1n) is 5.37. The van der Waals surface area contributed by atoms with Gasteiger partial charge in [0.15, 0.2) is 10.3 Å². The van der Waals surface area contributed by atoms with E-state index in [4.69, 9.17) is 14.6 Å². The molecule has 1 aromatic rings. The zero-order valence-corrected chi connectivity index (χ0v) is 13.9. The fourth-order valence-electron chi connectivity index (χ4n) is 1.81. The number of ether oxygens (including phenoxy) is 2. The van der Waals surface area contributed by atoms with Crippen LogP contribution >= 0.6 is 0 Å². The van der Waals surface area contributed by atoms with Crippen molar-refractivity contribution >= 4 is 10.3 Å². The van der Waals surface area contributed by atoms with Gasteiger partial charge < -0.3 is 14.6 Å². The molecule has 1 heterocycles. The summed E-state index contributed by atoms with van der Waals surface area (Å²) in [6.45, 7) is 3.21. The number of nitrogens with one attached hydrogen (secondary N) is 1. The average molecular weight is 295 g/mol. The minimum atomic E-state index is -4.23. The number of hydrogen-bond donors (Lipinski definition) is 0. The minimum Gasteiger partial charge on any atom is -0.540 e. The molecule has 1 aromatic carbocycles. The van der Waals surface area contributed by atoms with E-state index >= 15 is 0 Å². The van der Waals surface area contributed by atoms with Crippen LogP contribution in [0.1, 0.15) is 25.5 Å². The van der Waals surface area contributed by atoms with Gasteiger partial charge in [0.05, 0.1) is 6.61 Å². The Kier molecular flexibility index (Phi) is 5.42. The van der Waals surface area contributed by atoms with Crippen LogP contribution in [0.2, 0.25) is 0 Å². The monoisotopic (exact) mass is 295 g/mol. The summed E-state index contributed by atoms with van der Waals surface area (Å²) in [6, 6.07) is 7.17. The molecule has 100 valence electrons. The van der Waals surface area contributed by atoms with Gasteiger partial charge in [0, 0.05) is 19.4 Å². The molecule has 0 aliphatic carbocycles. The van der Waals surface area contributed by atoms with E-state index in [-0.39, 0.29) is 36.2 Å². The normalized spacial score (nSPS) is 20.9. The van der Waals surface area contributed by atoms with E-state index in [0.29, 0.717) is 11.3 Å². The molecule has 2 rings (SSSR count). The fraction of sp³-hybridized carbons (Fsp3) is 0.455. The predicted molar refractivity (Wildman–Crippen MR) is 64.2 cm³/mol. The maximum absolute atomic E-state index is 10.7. The SMILES string of the molecule is CC1(C)Oc2ccccc2[C@H](COS([NH-])(=O)=O)O1.[Na+]. The molecular formula is C11H14NNaO5S. The van der Waals surface area contributed by atoms with Crippen LogP contribution in [0.25, 0.3) is 5.14 Å². The van der Waals surface area contributed by atoms with Crippen molar-refractivity contribution in [3.05, 3.63) is 35.0 Å². The summed E-state index contributed by atoms with van der Waals surface area (Å²) in [5.41, 5.74) is 0.709. The van der Waals surface area contributed by atoms with Crippen molar-refractivity contribution in [1.29, 1.82) is 0 Å². The maximum atomic E-state index is 10.7. The summed E-state index contributed by atoms with van der Waals surface area (Å²) in [7, 11) is -4.23. The Bertz CT molecular complexity index is 546. The molecule has 0 unspecified atom stereocenters. The Balaban J connectivity index is 0.00000180. The second-order valence-corrected chi connectivity index (χ2v) is 5.53. The Morgan fingerprint density at radius 1 is 1.37 bits per heavy atom. The van der Waals surface area contributed by atoms with Crippen molar-refractivity contribution in [3.63, 3.8) is 0 Å². The summed E-state index contributed by atoms with van der Waals surface area (Å²) < 4.78 is 37.1. The average Bonchev–Trinajstić information content (AvgIpc) is 2.23. The second-order valence-electron chi connectivity index (χ2n) is 4.38. The van der Waals surface area contributed by atoms with Crippen LogP contribution < -0.4 is 34.3 Å². The van der Waals surface area contributed by atoms with Crippen LogP contribution in [0, 0.1) is 0 Å². The molecule has 19 heavy (non-hydrogen) atoms. The van der Waals surface area contributed by atoms with Gasteiger partial charge in [-0.05, 0) is 6.07 Å². The number of benzene rings is 1. The van der Waals surface area contributed by atoms with Gasteiger partial charge in [-0.2, -0.15) is 0 Å². The smallest absolute Gasteiger partial charge is 0.540 e. The maximum Gasteiger partial charge on any atom is 1.00 e. The Hall–Kier alpha value is -0.150. The van der Waals surface area contributed by atoms with Gasteiger partial charge in [-0.1, -0.05) is 18.2 Å². The van der Waals surface area contributed by atoms with Gasteiger partial charge in [0.1, 0.15) is 11.9 Å². The third kappa shape index (κ3) is 4.71. The molecule has 0 bridgehead atoms. The topological polar surface area (TPSA) is 85.6 Å². The number of rotatable bonds is 3. The van der Waals surface area contributed by atoms with E-state index in [1.54, 1.807) is 32.0 Å². The quantitative estimate of drug-likeness (QED) is 0.681. The molecule has 1 atom stereocenters. The third-order valence-corrected chi connectivity index (χ3v) is 2.87. The molecule has 0 spiro atoms. The van der Waals surface area contributed by atoms with Crippen molar-refractivity contribution in [3.8, 4) is 5.75 Å². The van der Waals surface area contributed by atoms with Crippen LogP contribution in [0.3, 0.4) is 0 Å². The van der Waals surface area contributed by atoms with E-state index in [9.17, 15) is 8.42 Å². The molecule has 0 amide bonds. The first-order valence-corrected chi connectivity index (χ1v) is 6.77. The van der Waals surface area contributed by atoms with Crippen molar-refractivity contribution < 1.29 is 51.6 Å². The van der Waals surface area contributed by atoms with E-state index in [2.05, 4.69) is 4.18 Å². The molecule has 1 aliphatic rings. The first kappa shape index (κ1) is 16.9.